The van der Waals surface area contributed by atoms with Crippen molar-refractivity contribution in [1.82, 2.24) is 10.2 Å². The molecule has 2 heterocycles. The lowest BCUT2D eigenvalue weighted by atomic mass is 9.92. The number of hydrogen-bond acceptors (Lipinski definition) is 4. The molecule has 2 aliphatic heterocycles. The topological polar surface area (TPSA) is 73.5 Å². The molecule has 2 saturated heterocycles. The number of carbonyl (C=O) groups excluding carboxylic acids is 2. The molecule has 1 aliphatic carbocycles. The number of amides is 2. The summed E-state index contributed by atoms with van der Waals surface area (Å²) in [5, 5.41) is 9.37. The predicted octanol–water partition coefficient (Wildman–Crippen LogP) is 3.67. The number of nitrogens with zero attached hydrogens (tertiary/aromatic N) is 1. The minimum Gasteiger partial charge on any atom is -0.326 e. The molecule has 1 saturated carbocycles. The van der Waals surface area contributed by atoms with Gasteiger partial charge in [0.05, 0.1) is 0 Å². The molecule has 0 radical (unpaired) electrons. The number of piperidine rings is 2. The van der Waals surface area contributed by atoms with E-state index in [-0.39, 0.29) is 48.0 Å². The standard InChI is InChI=1S/C22H32N4O2.2ClH/c27-20(8-15-26-13-2-1-3-14-26)24-17-4-6-18(7-5-17)25-21(28)19-16-22(19)9-11-23-12-10-22;;/h4-7,19,23H,1-3,8-16H2,(H,24,27)(H,25,28);2*1H. The lowest BCUT2D eigenvalue weighted by Gasteiger charge is -2.25. The van der Waals surface area contributed by atoms with Gasteiger partial charge in [0.25, 0.3) is 0 Å². The monoisotopic (exact) mass is 456 g/mol. The van der Waals surface area contributed by atoms with Crippen molar-refractivity contribution in [3.63, 3.8) is 0 Å². The van der Waals surface area contributed by atoms with E-state index in [1.165, 1.54) is 19.3 Å². The molecule has 3 fully saturated rings. The highest BCUT2D eigenvalue weighted by Crippen LogP contribution is 2.58. The Hall–Kier alpha value is -1.34. The van der Waals surface area contributed by atoms with Crippen LogP contribution in [-0.4, -0.2) is 49.4 Å². The summed E-state index contributed by atoms with van der Waals surface area (Å²) in [5.74, 6) is 0.345. The number of halogens is 2. The molecule has 1 unspecified atom stereocenters. The first-order valence-electron chi connectivity index (χ1n) is 10.8. The average molecular weight is 457 g/mol. The van der Waals surface area contributed by atoms with Gasteiger partial charge in [-0.15, -0.1) is 24.8 Å². The molecule has 1 aromatic rings. The summed E-state index contributed by atoms with van der Waals surface area (Å²) < 4.78 is 0. The van der Waals surface area contributed by atoms with E-state index in [0.717, 1.165) is 63.4 Å². The molecule has 30 heavy (non-hydrogen) atoms. The van der Waals surface area contributed by atoms with Crippen molar-refractivity contribution < 1.29 is 9.59 Å². The van der Waals surface area contributed by atoms with Crippen molar-refractivity contribution >= 4 is 48.0 Å². The van der Waals surface area contributed by atoms with Gasteiger partial charge in [-0.25, -0.2) is 0 Å². The molecule has 0 bridgehead atoms. The summed E-state index contributed by atoms with van der Waals surface area (Å²) in [5.41, 5.74) is 1.83. The number of likely N-dealkylation sites (tertiary alicyclic amines) is 1. The van der Waals surface area contributed by atoms with E-state index < -0.39 is 0 Å². The first-order chi connectivity index (χ1) is 13.6. The summed E-state index contributed by atoms with van der Waals surface area (Å²) in [6.07, 6.45) is 7.55. The second kappa shape index (κ2) is 11.3. The third-order valence-electron chi connectivity index (χ3n) is 6.65. The van der Waals surface area contributed by atoms with Crippen LogP contribution in [0.4, 0.5) is 11.4 Å². The molecule has 1 spiro atoms. The third kappa shape index (κ3) is 6.33. The first kappa shape index (κ1) is 24.9. The highest BCUT2D eigenvalue weighted by Gasteiger charge is 2.57. The Bertz CT molecular complexity index is 702. The van der Waals surface area contributed by atoms with Gasteiger partial charge in [-0.3, -0.25) is 9.59 Å². The molecule has 4 rings (SSSR count). The normalized spacial score (nSPS) is 22.3. The average Bonchev–Trinajstić information content (AvgIpc) is 3.42. The van der Waals surface area contributed by atoms with E-state index in [2.05, 4.69) is 20.9 Å². The van der Waals surface area contributed by atoms with Gasteiger partial charge in [0.2, 0.25) is 11.8 Å². The van der Waals surface area contributed by atoms with Gasteiger partial charge in [-0.1, -0.05) is 6.42 Å². The molecule has 168 valence electrons. The zero-order valence-corrected chi connectivity index (χ0v) is 19.1. The number of anilines is 2. The molecule has 2 amide bonds. The van der Waals surface area contributed by atoms with Crippen LogP contribution in [0.15, 0.2) is 24.3 Å². The molecule has 6 nitrogen and oxygen atoms in total. The maximum atomic E-state index is 12.5. The predicted molar refractivity (Wildman–Crippen MR) is 126 cm³/mol. The Morgan fingerprint density at radius 3 is 2.20 bits per heavy atom. The second-order valence-corrected chi connectivity index (χ2v) is 8.64. The number of hydrogen-bond donors (Lipinski definition) is 3. The van der Waals surface area contributed by atoms with Crippen molar-refractivity contribution in [2.75, 3.05) is 43.4 Å². The summed E-state index contributed by atoms with van der Waals surface area (Å²) in [6.45, 7) is 5.10. The van der Waals surface area contributed by atoms with E-state index >= 15 is 0 Å². The number of benzene rings is 1. The van der Waals surface area contributed by atoms with Crippen LogP contribution in [0.3, 0.4) is 0 Å². The van der Waals surface area contributed by atoms with Gasteiger partial charge >= 0.3 is 0 Å². The Labute approximate surface area is 191 Å². The summed E-state index contributed by atoms with van der Waals surface area (Å²) in [6, 6.07) is 7.47. The Morgan fingerprint density at radius 2 is 1.57 bits per heavy atom. The van der Waals surface area contributed by atoms with E-state index in [1.54, 1.807) is 0 Å². The Balaban J connectivity index is 0.00000160. The molecule has 1 atom stereocenters. The van der Waals surface area contributed by atoms with Crippen molar-refractivity contribution in [2.24, 2.45) is 11.3 Å². The fourth-order valence-electron chi connectivity index (χ4n) is 4.73. The summed E-state index contributed by atoms with van der Waals surface area (Å²) in [4.78, 5) is 27.1. The molecule has 1 aromatic carbocycles. The van der Waals surface area contributed by atoms with E-state index in [1.807, 2.05) is 24.3 Å². The van der Waals surface area contributed by atoms with Crippen molar-refractivity contribution in [3.8, 4) is 0 Å². The van der Waals surface area contributed by atoms with Crippen LogP contribution in [0.2, 0.25) is 0 Å². The fourth-order valence-corrected chi connectivity index (χ4v) is 4.73. The highest BCUT2D eigenvalue weighted by atomic mass is 35.5. The molecular weight excluding hydrogens is 423 g/mol. The first-order valence-corrected chi connectivity index (χ1v) is 10.8. The molecule has 8 heteroatoms. The summed E-state index contributed by atoms with van der Waals surface area (Å²) in [7, 11) is 0. The maximum absolute atomic E-state index is 12.5. The zero-order valence-electron chi connectivity index (χ0n) is 17.5. The molecular formula is C22H34Cl2N4O2. The maximum Gasteiger partial charge on any atom is 0.228 e. The zero-order chi connectivity index (χ0) is 19.4. The largest absolute Gasteiger partial charge is 0.326 e. The van der Waals surface area contributed by atoms with Crippen molar-refractivity contribution in [2.45, 2.75) is 44.9 Å². The van der Waals surface area contributed by atoms with Crippen LogP contribution in [0, 0.1) is 11.3 Å². The van der Waals surface area contributed by atoms with Crippen LogP contribution in [0.25, 0.3) is 0 Å². The molecule has 3 aliphatic rings. The van der Waals surface area contributed by atoms with Crippen LogP contribution < -0.4 is 16.0 Å². The minimum absolute atomic E-state index is 0. The Morgan fingerprint density at radius 1 is 0.967 bits per heavy atom. The number of carbonyl (C=O) groups is 2. The lowest BCUT2D eigenvalue weighted by Crippen LogP contribution is -2.32. The van der Waals surface area contributed by atoms with Crippen LogP contribution in [0.5, 0.6) is 0 Å². The summed E-state index contributed by atoms with van der Waals surface area (Å²) >= 11 is 0. The molecule has 3 N–H and O–H groups in total. The van der Waals surface area contributed by atoms with E-state index in [0.29, 0.717) is 6.42 Å². The Kier molecular flexibility index (Phi) is 9.41. The van der Waals surface area contributed by atoms with Crippen LogP contribution in [0.1, 0.15) is 44.9 Å². The van der Waals surface area contributed by atoms with E-state index in [4.69, 9.17) is 0 Å². The highest BCUT2D eigenvalue weighted by molar-refractivity contribution is 5.96. The molecule has 0 aromatic heterocycles. The van der Waals surface area contributed by atoms with E-state index in [9.17, 15) is 9.59 Å². The number of nitrogens with one attached hydrogen (secondary N) is 3. The van der Waals surface area contributed by atoms with Gasteiger partial charge in [0.15, 0.2) is 0 Å². The van der Waals surface area contributed by atoms with Crippen molar-refractivity contribution in [1.29, 1.82) is 0 Å². The lowest BCUT2D eigenvalue weighted by molar-refractivity contribution is -0.118. The smallest absolute Gasteiger partial charge is 0.228 e. The van der Waals surface area contributed by atoms with Gasteiger partial charge in [0, 0.05) is 30.3 Å². The van der Waals surface area contributed by atoms with Crippen molar-refractivity contribution in [3.05, 3.63) is 24.3 Å². The van der Waals surface area contributed by atoms with Gasteiger partial charge < -0.3 is 20.9 Å². The van der Waals surface area contributed by atoms with Gasteiger partial charge in [0.1, 0.15) is 0 Å². The SMILES string of the molecule is Cl.Cl.O=C(CCN1CCCCC1)Nc1ccc(NC(=O)C2CC23CCNCC3)cc1. The number of rotatable bonds is 6. The quantitative estimate of drug-likeness (QED) is 0.610. The van der Waals surface area contributed by atoms with Crippen LogP contribution >= 0.6 is 24.8 Å². The second-order valence-electron chi connectivity index (χ2n) is 8.64. The minimum atomic E-state index is 0. The fraction of sp³-hybridized carbons (Fsp3) is 0.636. The van der Waals surface area contributed by atoms with Gasteiger partial charge in [-0.2, -0.15) is 0 Å². The van der Waals surface area contributed by atoms with Crippen LogP contribution in [-0.2, 0) is 9.59 Å². The third-order valence-corrected chi connectivity index (χ3v) is 6.65. The van der Waals surface area contributed by atoms with Gasteiger partial charge in [-0.05, 0) is 88.0 Å².